The van der Waals surface area contributed by atoms with Crippen LogP contribution in [0.15, 0.2) is 24.3 Å². The number of hydrogen-bond donors (Lipinski definition) is 3. The van der Waals surface area contributed by atoms with Crippen LogP contribution < -0.4 is 16.4 Å². The molecule has 4 N–H and O–H groups in total. The van der Waals surface area contributed by atoms with Crippen LogP contribution >= 0.6 is 0 Å². The molecule has 0 heterocycles. The summed E-state index contributed by atoms with van der Waals surface area (Å²) in [7, 11) is 0. The zero-order valence-electron chi connectivity index (χ0n) is 11.4. The summed E-state index contributed by atoms with van der Waals surface area (Å²) in [6, 6.07) is 7.02. The summed E-state index contributed by atoms with van der Waals surface area (Å²) < 4.78 is 0. The summed E-state index contributed by atoms with van der Waals surface area (Å²) in [6.07, 6.45) is 0.316. The molecule has 0 spiro atoms. The molecule has 2 amide bonds. The van der Waals surface area contributed by atoms with E-state index in [0.717, 1.165) is 5.56 Å². The first-order valence-corrected chi connectivity index (χ1v) is 6.42. The van der Waals surface area contributed by atoms with Gasteiger partial charge in [0, 0.05) is 31.1 Å². The Morgan fingerprint density at radius 2 is 1.84 bits per heavy atom. The van der Waals surface area contributed by atoms with Gasteiger partial charge in [0.2, 0.25) is 5.91 Å². The van der Waals surface area contributed by atoms with Gasteiger partial charge in [-0.15, -0.1) is 0 Å². The first-order valence-electron chi connectivity index (χ1n) is 6.42. The van der Waals surface area contributed by atoms with Gasteiger partial charge in [0.15, 0.2) is 0 Å². The number of carbonyl (C=O) groups excluding carboxylic acids is 2. The summed E-state index contributed by atoms with van der Waals surface area (Å²) in [4.78, 5) is 23.0. The molecule has 1 unspecified atom stereocenters. The Labute approximate surface area is 113 Å². The minimum Gasteiger partial charge on any atom is -0.352 e. The van der Waals surface area contributed by atoms with Crippen molar-refractivity contribution in [3.63, 3.8) is 0 Å². The van der Waals surface area contributed by atoms with Crippen molar-refractivity contribution < 1.29 is 9.59 Å². The maximum absolute atomic E-state index is 11.5. The molecule has 1 aromatic carbocycles. The third-order valence-corrected chi connectivity index (χ3v) is 2.55. The maximum Gasteiger partial charge on any atom is 0.251 e. The normalized spacial score (nSPS) is 11.7. The molecule has 0 aromatic heterocycles. The smallest absolute Gasteiger partial charge is 0.251 e. The molecule has 0 aliphatic carbocycles. The standard InChI is InChI=1S/C14H21N3O2/c1-3-16-14(19)12-6-4-11(5-7-12)9-17-13(18)8-10(2)15/h4-7,10H,3,8-9,15H2,1-2H3,(H,16,19)(H,17,18). The van der Waals surface area contributed by atoms with Gasteiger partial charge in [-0.25, -0.2) is 0 Å². The van der Waals surface area contributed by atoms with Gasteiger partial charge in [0.1, 0.15) is 0 Å². The van der Waals surface area contributed by atoms with E-state index in [-0.39, 0.29) is 17.9 Å². The Morgan fingerprint density at radius 3 is 2.37 bits per heavy atom. The average Bonchev–Trinajstić information content (AvgIpc) is 2.36. The summed E-state index contributed by atoms with van der Waals surface area (Å²) in [6.45, 7) is 4.72. The van der Waals surface area contributed by atoms with Crippen molar-refractivity contribution in [3.8, 4) is 0 Å². The first kappa shape index (κ1) is 15.2. The number of amides is 2. The Hall–Kier alpha value is -1.88. The quantitative estimate of drug-likeness (QED) is 0.709. The van der Waals surface area contributed by atoms with Gasteiger partial charge < -0.3 is 16.4 Å². The molecule has 5 nitrogen and oxygen atoms in total. The third kappa shape index (κ3) is 5.52. The van der Waals surface area contributed by atoms with Crippen LogP contribution in [0.2, 0.25) is 0 Å². The Balaban J connectivity index is 2.48. The van der Waals surface area contributed by atoms with Crippen LogP contribution in [0.4, 0.5) is 0 Å². The average molecular weight is 263 g/mol. The van der Waals surface area contributed by atoms with E-state index in [0.29, 0.717) is 25.1 Å². The fourth-order valence-corrected chi connectivity index (χ4v) is 1.60. The molecule has 0 fully saturated rings. The molecule has 0 bridgehead atoms. The number of carbonyl (C=O) groups is 2. The summed E-state index contributed by atoms with van der Waals surface area (Å²) in [5.74, 6) is -0.155. The van der Waals surface area contributed by atoms with Gasteiger partial charge in [-0.3, -0.25) is 9.59 Å². The lowest BCUT2D eigenvalue weighted by molar-refractivity contribution is -0.121. The SMILES string of the molecule is CCNC(=O)c1ccc(CNC(=O)CC(C)N)cc1. The molecular weight excluding hydrogens is 242 g/mol. The zero-order chi connectivity index (χ0) is 14.3. The Kier molecular flexibility index (Phi) is 6.02. The van der Waals surface area contributed by atoms with Crippen molar-refractivity contribution in [2.24, 2.45) is 5.73 Å². The van der Waals surface area contributed by atoms with Gasteiger partial charge in [0.25, 0.3) is 5.91 Å². The fraction of sp³-hybridized carbons (Fsp3) is 0.429. The molecule has 19 heavy (non-hydrogen) atoms. The molecule has 0 aliphatic rings. The number of nitrogens with one attached hydrogen (secondary N) is 2. The monoisotopic (exact) mass is 263 g/mol. The van der Waals surface area contributed by atoms with E-state index < -0.39 is 0 Å². The minimum absolute atomic E-state index is 0.0668. The number of rotatable bonds is 6. The highest BCUT2D eigenvalue weighted by Gasteiger charge is 2.06. The molecule has 0 aliphatic heterocycles. The second-order valence-electron chi connectivity index (χ2n) is 4.51. The van der Waals surface area contributed by atoms with E-state index in [1.807, 2.05) is 19.1 Å². The van der Waals surface area contributed by atoms with Crippen LogP contribution in [0.3, 0.4) is 0 Å². The lowest BCUT2D eigenvalue weighted by Gasteiger charge is -2.08. The van der Waals surface area contributed by atoms with Crippen molar-refractivity contribution in [1.82, 2.24) is 10.6 Å². The maximum atomic E-state index is 11.5. The highest BCUT2D eigenvalue weighted by molar-refractivity contribution is 5.94. The molecule has 1 atom stereocenters. The van der Waals surface area contributed by atoms with Crippen LogP contribution in [0.1, 0.15) is 36.2 Å². The Morgan fingerprint density at radius 1 is 1.21 bits per heavy atom. The molecule has 104 valence electrons. The zero-order valence-corrected chi connectivity index (χ0v) is 11.4. The van der Waals surface area contributed by atoms with Crippen molar-refractivity contribution >= 4 is 11.8 Å². The van der Waals surface area contributed by atoms with Crippen LogP contribution in [-0.4, -0.2) is 24.4 Å². The van der Waals surface area contributed by atoms with Crippen molar-refractivity contribution in [3.05, 3.63) is 35.4 Å². The van der Waals surface area contributed by atoms with Gasteiger partial charge in [-0.2, -0.15) is 0 Å². The Bertz CT molecular complexity index is 427. The second-order valence-corrected chi connectivity index (χ2v) is 4.51. The van der Waals surface area contributed by atoms with Crippen molar-refractivity contribution in [2.75, 3.05) is 6.54 Å². The van der Waals surface area contributed by atoms with Crippen LogP contribution in [0, 0.1) is 0 Å². The second kappa shape index (κ2) is 7.53. The fourth-order valence-electron chi connectivity index (χ4n) is 1.60. The van der Waals surface area contributed by atoms with E-state index in [2.05, 4.69) is 10.6 Å². The molecule has 0 radical (unpaired) electrons. The summed E-state index contributed by atoms with van der Waals surface area (Å²) in [5.41, 5.74) is 7.11. The highest BCUT2D eigenvalue weighted by Crippen LogP contribution is 2.04. The number of benzene rings is 1. The van der Waals surface area contributed by atoms with Crippen molar-refractivity contribution in [2.45, 2.75) is 32.9 Å². The molecule has 5 heteroatoms. The predicted molar refractivity (Wildman–Crippen MR) is 74.6 cm³/mol. The van der Waals surface area contributed by atoms with E-state index in [1.54, 1.807) is 19.1 Å². The summed E-state index contributed by atoms with van der Waals surface area (Å²) in [5, 5.41) is 5.52. The first-order chi connectivity index (χ1) is 9.02. The van der Waals surface area contributed by atoms with E-state index in [4.69, 9.17) is 5.73 Å². The number of hydrogen-bond acceptors (Lipinski definition) is 3. The summed E-state index contributed by atoms with van der Waals surface area (Å²) >= 11 is 0. The van der Waals surface area contributed by atoms with E-state index in [9.17, 15) is 9.59 Å². The lowest BCUT2D eigenvalue weighted by Crippen LogP contribution is -2.29. The van der Waals surface area contributed by atoms with E-state index in [1.165, 1.54) is 0 Å². The van der Waals surface area contributed by atoms with Gasteiger partial charge >= 0.3 is 0 Å². The number of nitrogens with two attached hydrogens (primary N) is 1. The van der Waals surface area contributed by atoms with Gasteiger partial charge in [-0.1, -0.05) is 12.1 Å². The molecule has 1 rings (SSSR count). The van der Waals surface area contributed by atoms with Crippen LogP contribution in [0.25, 0.3) is 0 Å². The van der Waals surface area contributed by atoms with Crippen molar-refractivity contribution in [1.29, 1.82) is 0 Å². The van der Waals surface area contributed by atoms with Crippen LogP contribution in [-0.2, 0) is 11.3 Å². The third-order valence-electron chi connectivity index (χ3n) is 2.55. The van der Waals surface area contributed by atoms with Gasteiger partial charge in [-0.05, 0) is 31.5 Å². The lowest BCUT2D eigenvalue weighted by atomic mass is 10.1. The van der Waals surface area contributed by atoms with E-state index >= 15 is 0 Å². The minimum atomic E-state index is -0.139. The van der Waals surface area contributed by atoms with Gasteiger partial charge in [0.05, 0.1) is 0 Å². The predicted octanol–water partition coefficient (Wildman–Crippen LogP) is 0.790. The van der Waals surface area contributed by atoms with Crippen LogP contribution in [0.5, 0.6) is 0 Å². The molecule has 0 saturated carbocycles. The molecular formula is C14H21N3O2. The highest BCUT2D eigenvalue weighted by atomic mass is 16.2. The molecule has 0 saturated heterocycles. The molecule has 1 aromatic rings. The topological polar surface area (TPSA) is 84.2 Å². The largest absolute Gasteiger partial charge is 0.352 e.